The molecule has 19 heavy (non-hydrogen) atoms. The van der Waals surface area contributed by atoms with Gasteiger partial charge in [0.05, 0.1) is 12.0 Å². The van der Waals surface area contributed by atoms with Gasteiger partial charge in [-0.25, -0.2) is 4.98 Å². The average Bonchev–Trinajstić information content (AvgIpc) is 2.88. The largest absolute Gasteiger partial charge is 0.351 e. The average molecular weight is 323 g/mol. The molecule has 0 spiro atoms. The lowest BCUT2D eigenvalue weighted by atomic mass is 10.1. The molecule has 0 saturated heterocycles. The Morgan fingerprint density at radius 2 is 1.95 bits per heavy atom. The number of benzene rings is 1. The topological polar surface area (TPSA) is 40.7 Å². The lowest BCUT2D eigenvalue weighted by Crippen LogP contribution is -2.32. The maximum absolute atomic E-state index is 5.95. The fraction of sp³-hybridized carbons (Fsp3) is 0.308. The first-order chi connectivity index (χ1) is 8.38. The van der Waals surface area contributed by atoms with Crippen LogP contribution in [0.5, 0.6) is 0 Å². The summed E-state index contributed by atoms with van der Waals surface area (Å²) in [5, 5.41) is 3.44. The number of rotatable bonds is 6. The van der Waals surface area contributed by atoms with E-state index < -0.39 is 0 Å². The molecule has 0 fully saturated rings. The predicted octanol–water partition coefficient (Wildman–Crippen LogP) is 3.19. The van der Waals surface area contributed by atoms with Crippen molar-refractivity contribution in [1.29, 1.82) is 0 Å². The van der Waals surface area contributed by atoms with Gasteiger partial charge in [-0.15, -0.1) is 36.4 Å². The molecule has 0 radical (unpaired) electrons. The summed E-state index contributed by atoms with van der Waals surface area (Å²) >= 11 is 5.95. The summed E-state index contributed by atoms with van der Waals surface area (Å²) in [6.07, 6.45) is 4.45. The molecule has 0 saturated carbocycles. The third-order valence-electron chi connectivity index (χ3n) is 2.63. The number of hydrogen-bond acceptors (Lipinski definition) is 2. The molecule has 1 heterocycles. The van der Waals surface area contributed by atoms with Gasteiger partial charge >= 0.3 is 0 Å². The standard InChI is InChI=1S/C13H16ClN3.2ClH/c14-7-12(6-13-9-15-10-17-13)16-8-11-4-2-1-3-5-11;;/h1-5,9-10,12,16H,6-8H2,(H,15,17);2*1H. The van der Waals surface area contributed by atoms with E-state index in [0.717, 1.165) is 18.7 Å². The van der Waals surface area contributed by atoms with Crippen molar-refractivity contribution in [3.8, 4) is 0 Å². The van der Waals surface area contributed by atoms with Crippen LogP contribution in [0.1, 0.15) is 11.3 Å². The number of nitrogens with one attached hydrogen (secondary N) is 2. The first kappa shape index (κ1) is 18.3. The van der Waals surface area contributed by atoms with Crippen molar-refractivity contribution < 1.29 is 0 Å². The van der Waals surface area contributed by atoms with E-state index >= 15 is 0 Å². The molecule has 2 rings (SSSR count). The maximum Gasteiger partial charge on any atom is 0.0923 e. The maximum atomic E-state index is 5.95. The van der Waals surface area contributed by atoms with Crippen LogP contribution >= 0.6 is 36.4 Å². The first-order valence-electron chi connectivity index (χ1n) is 5.69. The quantitative estimate of drug-likeness (QED) is 0.802. The van der Waals surface area contributed by atoms with E-state index in [1.165, 1.54) is 5.56 Å². The van der Waals surface area contributed by atoms with Crippen LogP contribution < -0.4 is 5.32 Å². The zero-order valence-electron chi connectivity index (χ0n) is 10.4. The molecule has 2 aromatic rings. The zero-order valence-corrected chi connectivity index (χ0v) is 12.8. The molecule has 0 amide bonds. The second kappa shape index (κ2) is 10.1. The van der Waals surface area contributed by atoms with E-state index in [2.05, 4.69) is 27.4 Å². The molecule has 1 aromatic heterocycles. The van der Waals surface area contributed by atoms with Crippen LogP contribution in [0.25, 0.3) is 0 Å². The van der Waals surface area contributed by atoms with Crippen LogP contribution in [-0.2, 0) is 13.0 Å². The highest BCUT2D eigenvalue weighted by atomic mass is 35.5. The van der Waals surface area contributed by atoms with E-state index in [4.69, 9.17) is 11.6 Å². The minimum absolute atomic E-state index is 0. The predicted molar refractivity (Wildman–Crippen MR) is 84.6 cm³/mol. The van der Waals surface area contributed by atoms with Gasteiger partial charge in [0.1, 0.15) is 0 Å². The molecule has 1 atom stereocenters. The SMILES string of the molecule is Cl.Cl.ClCC(Cc1c[nH]cn1)NCc1ccccc1. The fourth-order valence-corrected chi connectivity index (χ4v) is 1.91. The third-order valence-corrected chi connectivity index (χ3v) is 3.01. The number of halogens is 3. The summed E-state index contributed by atoms with van der Waals surface area (Å²) in [4.78, 5) is 7.16. The monoisotopic (exact) mass is 321 g/mol. The smallest absolute Gasteiger partial charge is 0.0923 e. The van der Waals surface area contributed by atoms with Gasteiger partial charge in [0.2, 0.25) is 0 Å². The Balaban J connectivity index is 0.00000162. The number of aromatic amines is 1. The van der Waals surface area contributed by atoms with E-state index in [9.17, 15) is 0 Å². The Bertz CT molecular complexity index is 420. The Morgan fingerprint density at radius 1 is 1.21 bits per heavy atom. The van der Waals surface area contributed by atoms with Crippen LogP contribution in [0.15, 0.2) is 42.9 Å². The second-order valence-electron chi connectivity index (χ2n) is 3.98. The summed E-state index contributed by atoms with van der Waals surface area (Å²) in [6, 6.07) is 10.6. The number of H-pyrrole nitrogens is 1. The van der Waals surface area contributed by atoms with Crippen molar-refractivity contribution >= 4 is 36.4 Å². The van der Waals surface area contributed by atoms with Crippen LogP contribution in [0.2, 0.25) is 0 Å². The Hall–Kier alpha value is -0.740. The minimum atomic E-state index is 0. The number of aromatic nitrogens is 2. The third kappa shape index (κ3) is 6.30. The number of imidazole rings is 1. The summed E-state index contributed by atoms with van der Waals surface area (Å²) in [5.74, 6) is 0.583. The van der Waals surface area contributed by atoms with Gasteiger partial charge in [0.15, 0.2) is 0 Å². The van der Waals surface area contributed by atoms with Gasteiger partial charge in [-0.3, -0.25) is 0 Å². The molecule has 106 valence electrons. The van der Waals surface area contributed by atoms with Gasteiger partial charge < -0.3 is 10.3 Å². The molecule has 0 aliphatic heterocycles. The second-order valence-corrected chi connectivity index (χ2v) is 4.29. The van der Waals surface area contributed by atoms with Crippen molar-refractivity contribution in [3.05, 3.63) is 54.1 Å². The van der Waals surface area contributed by atoms with E-state index in [1.54, 1.807) is 6.33 Å². The lowest BCUT2D eigenvalue weighted by Gasteiger charge is -2.14. The first-order valence-corrected chi connectivity index (χ1v) is 6.23. The fourth-order valence-electron chi connectivity index (χ4n) is 1.69. The van der Waals surface area contributed by atoms with Crippen LogP contribution in [0.3, 0.4) is 0 Å². The van der Waals surface area contributed by atoms with Gasteiger partial charge in [0.25, 0.3) is 0 Å². The molecule has 0 aliphatic rings. The normalized spacial score (nSPS) is 11.2. The lowest BCUT2D eigenvalue weighted by molar-refractivity contribution is 0.546. The van der Waals surface area contributed by atoms with Crippen molar-refractivity contribution in [2.75, 3.05) is 5.88 Å². The van der Waals surface area contributed by atoms with Crippen LogP contribution in [-0.4, -0.2) is 21.9 Å². The van der Waals surface area contributed by atoms with Crippen LogP contribution in [0, 0.1) is 0 Å². The van der Waals surface area contributed by atoms with Crippen molar-refractivity contribution in [1.82, 2.24) is 15.3 Å². The van der Waals surface area contributed by atoms with Crippen LogP contribution in [0.4, 0.5) is 0 Å². The van der Waals surface area contributed by atoms with Crippen molar-refractivity contribution in [3.63, 3.8) is 0 Å². The molecule has 0 bridgehead atoms. The van der Waals surface area contributed by atoms with Gasteiger partial charge in [-0.2, -0.15) is 0 Å². The van der Waals surface area contributed by atoms with Crippen molar-refractivity contribution in [2.24, 2.45) is 0 Å². The molecular formula is C13H18Cl3N3. The summed E-state index contributed by atoms with van der Waals surface area (Å²) in [6.45, 7) is 0.836. The molecule has 1 aromatic carbocycles. The highest BCUT2D eigenvalue weighted by Crippen LogP contribution is 2.03. The van der Waals surface area contributed by atoms with E-state index in [1.807, 2.05) is 24.4 Å². The molecule has 0 aliphatic carbocycles. The Kier molecular flexibility index (Phi) is 9.70. The molecule has 6 heteroatoms. The highest BCUT2D eigenvalue weighted by molar-refractivity contribution is 6.18. The van der Waals surface area contributed by atoms with E-state index in [-0.39, 0.29) is 30.9 Å². The highest BCUT2D eigenvalue weighted by Gasteiger charge is 2.08. The number of nitrogens with zero attached hydrogens (tertiary/aromatic N) is 1. The van der Waals surface area contributed by atoms with Gasteiger partial charge in [0, 0.05) is 31.1 Å². The summed E-state index contributed by atoms with van der Waals surface area (Å²) < 4.78 is 0. The number of hydrogen-bond donors (Lipinski definition) is 2. The minimum Gasteiger partial charge on any atom is -0.351 e. The summed E-state index contributed by atoms with van der Waals surface area (Å²) in [7, 11) is 0. The molecule has 2 N–H and O–H groups in total. The van der Waals surface area contributed by atoms with Gasteiger partial charge in [-0.05, 0) is 5.56 Å². The van der Waals surface area contributed by atoms with E-state index in [0.29, 0.717) is 5.88 Å². The Labute approximate surface area is 131 Å². The molecule has 3 nitrogen and oxygen atoms in total. The number of alkyl halides is 1. The van der Waals surface area contributed by atoms with Gasteiger partial charge in [-0.1, -0.05) is 30.3 Å². The van der Waals surface area contributed by atoms with Crippen molar-refractivity contribution in [2.45, 2.75) is 19.0 Å². The Morgan fingerprint density at radius 3 is 2.53 bits per heavy atom. The zero-order chi connectivity index (χ0) is 11.9. The molecular weight excluding hydrogens is 305 g/mol. The summed E-state index contributed by atoms with van der Waals surface area (Å²) in [5.41, 5.74) is 2.31. The molecule has 1 unspecified atom stereocenters.